The molecule has 1 aromatic heterocycles. The number of alkyl halides is 3. The molecule has 0 aromatic carbocycles. The maximum absolute atomic E-state index is 11.9. The zero-order chi connectivity index (χ0) is 11.6. The molecule has 0 bridgehead atoms. The highest BCUT2D eigenvalue weighted by molar-refractivity contribution is 9.13. The van der Waals surface area contributed by atoms with Crippen LogP contribution in [0, 0.1) is 0 Å². The predicted octanol–water partition coefficient (Wildman–Crippen LogP) is 2.72. The number of aryl methyl sites for hydroxylation is 1. The Hall–Kier alpha value is -0.370. The molecule has 3 nitrogen and oxygen atoms in total. The summed E-state index contributed by atoms with van der Waals surface area (Å²) in [5, 5.41) is 3.57. The summed E-state index contributed by atoms with van der Waals surface area (Å²) in [5.74, 6) is 0. The van der Waals surface area contributed by atoms with Crippen LogP contribution in [0.25, 0.3) is 0 Å². The molecule has 0 saturated carbocycles. The van der Waals surface area contributed by atoms with Gasteiger partial charge in [0.2, 0.25) is 0 Å². The molecule has 0 amide bonds. The third-order valence-corrected chi connectivity index (χ3v) is 3.45. The highest BCUT2D eigenvalue weighted by Crippen LogP contribution is 2.20. The van der Waals surface area contributed by atoms with E-state index in [4.69, 9.17) is 0 Å². The van der Waals surface area contributed by atoms with Gasteiger partial charge in [-0.25, -0.2) is 4.68 Å². The van der Waals surface area contributed by atoms with Gasteiger partial charge < -0.3 is 0 Å². The monoisotopic (exact) mass is 348 g/mol. The van der Waals surface area contributed by atoms with E-state index < -0.39 is 24.7 Å². The molecule has 0 N–H and O–H groups in total. The van der Waals surface area contributed by atoms with Crippen molar-refractivity contribution in [3.63, 3.8) is 0 Å². The van der Waals surface area contributed by atoms with E-state index in [1.807, 2.05) is 0 Å². The number of aromatic nitrogens is 2. The topological polar surface area (TPSA) is 34.9 Å². The number of rotatable bonds is 2. The van der Waals surface area contributed by atoms with Crippen LogP contribution in [-0.4, -0.2) is 16.0 Å². The third-order valence-electron chi connectivity index (χ3n) is 1.55. The lowest BCUT2D eigenvalue weighted by Crippen LogP contribution is -2.26. The van der Waals surface area contributed by atoms with Crippen LogP contribution >= 0.6 is 31.9 Å². The van der Waals surface area contributed by atoms with E-state index in [9.17, 15) is 18.0 Å². The second-order valence-electron chi connectivity index (χ2n) is 2.70. The molecule has 84 valence electrons. The fourth-order valence-electron chi connectivity index (χ4n) is 0.837. The van der Waals surface area contributed by atoms with Gasteiger partial charge in [-0.15, -0.1) is 0 Å². The molecule has 8 heteroatoms. The average molecular weight is 350 g/mol. The highest BCUT2D eigenvalue weighted by atomic mass is 79.9. The van der Waals surface area contributed by atoms with E-state index in [1.54, 1.807) is 0 Å². The van der Waals surface area contributed by atoms with E-state index >= 15 is 0 Å². The lowest BCUT2D eigenvalue weighted by atomic mass is 10.4. The summed E-state index contributed by atoms with van der Waals surface area (Å²) >= 11 is 5.97. The molecule has 1 heterocycles. The summed E-state index contributed by atoms with van der Waals surface area (Å²) in [7, 11) is 0. The Kier molecular flexibility index (Phi) is 3.93. The molecule has 0 atom stereocenters. The molecule has 0 unspecified atom stereocenters. The van der Waals surface area contributed by atoms with Gasteiger partial charge in [0.15, 0.2) is 0 Å². The van der Waals surface area contributed by atoms with E-state index in [0.717, 1.165) is 4.68 Å². The van der Waals surface area contributed by atoms with Crippen LogP contribution in [0.3, 0.4) is 0 Å². The summed E-state index contributed by atoms with van der Waals surface area (Å²) in [4.78, 5) is 11.4. The van der Waals surface area contributed by atoms with Crippen LogP contribution in [0.2, 0.25) is 0 Å². The average Bonchev–Trinajstić information content (AvgIpc) is 2.12. The quantitative estimate of drug-likeness (QED) is 0.822. The molecule has 15 heavy (non-hydrogen) atoms. The van der Waals surface area contributed by atoms with Gasteiger partial charge in [-0.2, -0.15) is 18.3 Å². The number of halogens is 5. The van der Waals surface area contributed by atoms with E-state index in [2.05, 4.69) is 37.0 Å². The SMILES string of the molecule is O=c1c(Br)c(Br)cnn1CCC(F)(F)F. The standard InChI is InChI=1S/C7H5Br2F3N2O/c8-4-3-13-14(6(15)5(4)9)2-1-7(10,11)12/h3H,1-2H2. The first kappa shape index (κ1) is 12.7. The summed E-state index contributed by atoms with van der Waals surface area (Å²) in [6.45, 7) is -0.478. The number of hydrogen-bond acceptors (Lipinski definition) is 2. The molecule has 0 spiro atoms. The van der Waals surface area contributed by atoms with Gasteiger partial charge in [-0.05, 0) is 31.9 Å². The lowest BCUT2D eigenvalue weighted by Gasteiger charge is -2.07. The fourth-order valence-corrected chi connectivity index (χ4v) is 1.41. The van der Waals surface area contributed by atoms with Crippen LogP contribution in [-0.2, 0) is 6.54 Å². The van der Waals surface area contributed by atoms with Crippen molar-refractivity contribution in [1.29, 1.82) is 0 Å². The van der Waals surface area contributed by atoms with Crippen molar-refractivity contribution in [2.24, 2.45) is 0 Å². The highest BCUT2D eigenvalue weighted by Gasteiger charge is 2.27. The molecular formula is C7H5Br2F3N2O. The smallest absolute Gasteiger partial charge is 0.266 e. The van der Waals surface area contributed by atoms with Crippen molar-refractivity contribution in [1.82, 2.24) is 9.78 Å². The Morgan fingerprint density at radius 1 is 1.40 bits per heavy atom. The summed E-state index contributed by atoms with van der Waals surface area (Å²) in [5.41, 5.74) is -0.589. The maximum Gasteiger partial charge on any atom is 0.390 e. The van der Waals surface area contributed by atoms with Crippen LogP contribution in [0.1, 0.15) is 6.42 Å². The summed E-state index contributed by atoms with van der Waals surface area (Å²) < 4.78 is 37.0. The van der Waals surface area contributed by atoms with Crippen molar-refractivity contribution in [3.8, 4) is 0 Å². The Labute approximate surface area is 99.5 Å². The Bertz CT molecular complexity index is 416. The normalized spacial score (nSPS) is 11.8. The second-order valence-corrected chi connectivity index (χ2v) is 4.35. The van der Waals surface area contributed by atoms with Gasteiger partial charge in [0.05, 0.1) is 23.6 Å². The largest absolute Gasteiger partial charge is 0.390 e. The Balaban J connectivity index is 2.89. The molecule has 0 aliphatic carbocycles. The second kappa shape index (κ2) is 4.65. The zero-order valence-corrected chi connectivity index (χ0v) is 10.4. The minimum atomic E-state index is -4.29. The van der Waals surface area contributed by atoms with Crippen LogP contribution in [0.4, 0.5) is 13.2 Å². The first-order chi connectivity index (χ1) is 6.81. The van der Waals surface area contributed by atoms with E-state index in [1.165, 1.54) is 6.20 Å². The molecular weight excluding hydrogens is 345 g/mol. The van der Waals surface area contributed by atoms with Gasteiger partial charge in [0, 0.05) is 0 Å². The van der Waals surface area contributed by atoms with Crippen molar-refractivity contribution < 1.29 is 13.2 Å². The Morgan fingerprint density at radius 3 is 2.53 bits per heavy atom. The molecule has 0 radical (unpaired) electrons. The van der Waals surface area contributed by atoms with Gasteiger partial charge in [0.1, 0.15) is 4.47 Å². The third kappa shape index (κ3) is 3.60. The van der Waals surface area contributed by atoms with Crippen LogP contribution in [0.5, 0.6) is 0 Å². The van der Waals surface area contributed by atoms with E-state index in [-0.39, 0.29) is 4.47 Å². The first-order valence-corrected chi connectivity index (χ1v) is 5.38. The molecule has 0 aliphatic rings. The minimum Gasteiger partial charge on any atom is -0.266 e. The minimum absolute atomic E-state index is 0.166. The molecule has 0 fully saturated rings. The predicted molar refractivity (Wildman–Crippen MR) is 54.6 cm³/mol. The molecule has 1 aromatic rings. The molecule has 0 saturated heterocycles. The van der Waals surface area contributed by atoms with Gasteiger partial charge in [0.25, 0.3) is 5.56 Å². The van der Waals surface area contributed by atoms with Crippen LogP contribution in [0.15, 0.2) is 19.9 Å². The maximum atomic E-state index is 11.9. The van der Waals surface area contributed by atoms with Crippen molar-refractivity contribution in [2.75, 3.05) is 0 Å². The summed E-state index contributed by atoms with van der Waals surface area (Å²) in [6, 6.07) is 0. The Morgan fingerprint density at radius 2 is 2.00 bits per heavy atom. The van der Waals surface area contributed by atoms with E-state index in [0.29, 0.717) is 4.47 Å². The van der Waals surface area contributed by atoms with Crippen molar-refractivity contribution in [3.05, 3.63) is 25.5 Å². The molecule has 0 aliphatic heterocycles. The van der Waals surface area contributed by atoms with Gasteiger partial charge >= 0.3 is 6.18 Å². The van der Waals surface area contributed by atoms with Crippen LogP contribution < -0.4 is 5.56 Å². The summed E-state index contributed by atoms with van der Waals surface area (Å²) in [6.07, 6.45) is -4.10. The fraction of sp³-hybridized carbons (Fsp3) is 0.429. The van der Waals surface area contributed by atoms with Gasteiger partial charge in [-0.1, -0.05) is 0 Å². The van der Waals surface area contributed by atoms with Crippen molar-refractivity contribution >= 4 is 31.9 Å². The number of nitrogens with zero attached hydrogens (tertiary/aromatic N) is 2. The first-order valence-electron chi connectivity index (χ1n) is 3.79. The zero-order valence-electron chi connectivity index (χ0n) is 7.18. The van der Waals surface area contributed by atoms with Crippen molar-refractivity contribution in [2.45, 2.75) is 19.1 Å². The van der Waals surface area contributed by atoms with Gasteiger partial charge in [-0.3, -0.25) is 4.79 Å². The lowest BCUT2D eigenvalue weighted by molar-refractivity contribution is -0.137. The molecule has 1 rings (SSSR count). The number of hydrogen-bond donors (Lipinski definition) is 0.